The van der Waals surface area contributed by atoms with Gasteiger partial charge < -0.3 is 15.2 Å². The van der Waals surface area contributed by atoms with Crippen LogP contribution in [0, 0.1) is 6.92 Å². The Hall–Kier alpha value is -3.15. The van der Waals surface area contributed by atoms with Crippen molar-refractivity contribution in [3.05, 3.63) is 53.9 Å². The quantitative estimate of drug-likeness (QED) is 0.777. The summed E-state index contributed by atoms with van der Waals surface area (Å²) in [5, 5.41) is 13.6. The van der Waals surface area contributed by atoms with Gasteiger partial charge in [0.05, 0.1) is 12.6 Å². The molecule has 0 bridgehead atoms. The number of carbonyl (C=O) groups excluding carboxylic acids is 1. The van der Waals surface area contributed by atoms with Gasteiger partial charge in [-0.15, -0.1) is 0 Å². The zero-order valence-corrected chi connectivity index (χ0v) is 12.7. The van der Waals surface area contributed by atoms with Crippen molar-refractivity contribution in [2.24, 2.45) is 0 Å². The first-order valence-electron chi connectivity index (χ1n) is 6.99. The van der Waals surface area contributed by atoms with Crippen LogP contribution in [0.5, 0.6) is 11.5 Å². The molecule has 23 heavy (non-hydrogen) atoms. The average molecular weight is 309 g/mol. The van der Waals surface area contributed by atoms with Gasteiger partial charge in [0.1, 0.15) is 5.82 Å². The number of anilines is 1. The molecule has 116 valence electrons. The molecule has 0 spiro atoms. The van der Waals surface area contributed by atoms with E-state index in [1.54, 1.807) is 6.07 Å². The topological polar surface area (TPSA) is 84.3 Å². The van der Waals surface area contributed by atoms with Crippen molar-refractivity contribution in [2.45, 2.75) is 6.92 Å². The summed E-state index contributed by atoms with van der Waals surface area (Å²) in [7, 11) is 1.41. The number of pyridine rings is 2. The van der Waals surface area contributed by atoms with Crippen molar-refractivity contribution in [3.8, 4) is 11.5 Å². The first kappa shape index (κ1) is 14.8. The summed E-state index contributed by atoms with van der Waals surface area (Å²) in [6.07, 6.45) is 1.39. The molecule has 0 unspecified atom stereocenters. The van der Waals surface area contributed by atoms with Crippen LogP contribution in [0.2, 0.25) is 0 Å². The van der Waals surface area contributed by atoms with Crippen molar-refractivity contribution in [2.75, 3.05) is 12.4 Å². The predicted molar refractivity (Wildman–Crippen MR) is 86.9 cm³/mol. The highest BCUT2D eigenvalue weighted by Gasteiger charge is 2.17. The van der Waals surface area contributed by atoms with Crippen LogP contribution >= 0.6 is 0 Å². The SMILES string of the molecule is COc1ccnc(C(=O)Nc2ccc3cc(C)ccc3n2)c1O. The fourth-order valence-corrected chi connectivity index (χ4v) is 2.26. The van der Waals surface area contributed by atoms with E-state index in [0.717, 1.165) is 16.5 Å². The van der Waals surface area contributed by atoms with Crippen molar-refractivity contribution in [3.63, 3.8) is 0 Å². The number of methoxy groups -OCH3 is 1. The number of fused-ring (bicyclic) bond motifs is 1. The van der Waals surface area contributed by atoms with E-state index in [0.29, 0.717) is 5.82 Å². The normalized spacial score (nSPS) is 10.5. The van der Waals surface area contributed by atoms with E-state index in [2.05, 4.69) is 15.3 Å². The summed E-state index contributed by atoms with van der Waals surface area (Å²) in [5.74, 6) is -0.285. The van der Waals surface area contributed by atoms with Gasteiger partial charge in [0.25, 0.3) is 5.91 Å². The van der Waals surface area contributed by atoms with E-state index < -0.39 is 5.91 Å². The third-order valence-electron chi connectivity index (χ3n) is 3.41. The summed E-state index contributed by atoms with van der Waals surface area (Å²) in [6, 6.07) is 10.9. The molecule has 3 aromatic rings. The Balaban J connectivity index is 1.90. The molecule has 2 heterocycles. The summed E-state index contributed by atoms with van der Waals surface area (Å²) >= 11 is 0. The van der Waals surface area contributed by atoms with Crippen LogP contribution in [-0.2, 0) is 0 Å². The first-order valence-corrected chi connectivity index (χ1v) is 6.99. The van der Waals surface area contributed by atoms with Crippen LogP contribution in [0.3, 0.4) is 0 Å². The summed E-state index contributed by atoms with van der Waals surface area (Å²) < 4.78 is 4.97. The van der Waals surface area contributed by atoms with E-state index in [1.807, 2.05) is 31.2 Å². The summed E-state index contributed by atoms with van der Waals surface area (Å²) in [5.41, 5.74) is 1.80. The third kappa shape index (κ3) is 2.91. The predicted octanol–water partition coefficient (Wildman–Crippen LogP) is 2.90. The van der Waals surface area contributed by atoms with Crippen LogP contribution in [0.25, 0.3) is 10.9 Å². The van der Waals surface area contributed by atoms with E-state index >= 15 is 0 Å². The van der Waals surface area contributed by atoms with E-state index in [4.69, 9.17) is 4.74 Å². The van der Waals surface area contributed by atoms with Crippen LogP contribution < -0.4 is 10.1 Å². The number of carbonyl (C=O) groups is 1. The van der Waals surface area contributed by atoms with E-state index in [9.17, 15) is 9.90 Å². The summed E-state index contributed by atoms with van der Waals surface area (Å²) in [6.45, 7) is 2.01. The molecule has 0 aliphatic carbocycles. The number of hydrogen-bond donors (Lipinski definition) is 2. The van der Waals surface area contributed by atoms with Gasteiger partial charge >= 0.3 is 0 Å². The molecule has 0 fully saturated rings. The number of benzene rings is 1. The lowest BCUT2D eigenvalue weighted by Gasteiger charge is -2.09. The Morgan fingerprint density at radius 2 is 2.04 bits per heavy atom. The molecular formula is C17H15N3O3. The third-order valence-corrected chi connectivity index (χ3v) is 3.41. The highest BCUT2D eigenvalue weighted by atomic mass is 16.5. The largest absolute Gasteiger partial charge is 0.503 e. The van der Waals surface area contributed by atoms with Gasteiger partial charge in [-0.05, 0) is 31.2 Å². The van der Waals surface area contributed by atoms with Crippen molar-refractivity contribution < 1.29 is 14.6 Å². The Morgan fingerprint density at radius 3 is 2.83 bits per heavy atom. The van der Waals surface area contributed by atoms with E-state index in [-0.39, 0.29) is 17.2 Å². The molecule has 6 nitrogen and oxygen atoms in total. The molecule has 6 heteroatoms. The minimum absolute atomic E-state index is 0.116. The molecule has 0 aliphatic heterocycles. The minimum Gasteiger partial charge on any atom is -0.503 e. The van der Waals surface area contributed by atoms with Gasteiger partial charge in [-0.2, -0.15) is 0 Å². The molecule has 1 aromatic carbocycles. The molecule has 0 saturated carbocycles. The molecule has 0 aliphatic rings. The summed E-state index contributed by atoms with van der Waals surface area (Å²) in [4.78, 5) is 20.5. The number of amides is 1. The van der Waals surface area contributed by atoms with E-state index in [1.165, 1.54) is 19.4 Å². The number of aryl methyl sites for hydroxylation is 1. The van der Waals surface area contributed by atoms with Crippen LogP contribution in [0.15, 0.2) is 42.6 Å². The van der Waals surface area contributed by atoms with Crippen LogP contribution in [0.1, 0.15) is 16.1 Å². The lowest BCUT2D eigenvalue weighted by Crippen LogP contribution is -2.15. The highest BCUT2D eigenvalue weighted by Crippen LogP contribution is 2.28. The lowest BCUT2D eigenvalue weighted by atomic mass is 10.1. The molecule has 3 rings (SSSR count). The molecular weight excluding hydrogens is 294 g/mol. The maximum atomic E-state index is 12.3. The van der Waals surface area contributed by atoms with Crippen molar-refractivity contribution in [1.29, 1.82) is 0 Å². The average Bonchev–Trinajstić information content (AvgIpc) is 2.55. The number of ether oxygens (including phenoxy) is 1. The minimum atomic E-state index is -0.555. The second-order valence-electron chi connectivity index (χ2n) is 5.06. The van der Waals surface area contributed by atoms with Gasteiger partial charge in [0, 0.05) is 17.6 Å². The van der Waals surface area contributed by atoms with Gasteiger partial charge in [-0.3, -0.25) is 4.79 Å². The zero-order valence-electron chi connectivity index (χ0n) is 12.7. The Bertz CT molecular complexity index is 893. The lowest BCUT2D eigenvalue weighted by molar-refractivity contribution is 0.101. The van der Waals surface area contributed by atoms with Gasteiger partial charge in [-0.1, -0.05) is 11.6 Å². The fourth-order valence-electron chi connectivity index (χ4n) is 2.26. The standard InChI is InChI=1S/C17H15N3O3/c1-10-3-5-12-11(9-10)4-6-14(19-12)20-17(22)15-16(21)13(23-2)7-8-18-15/h3-9,21H,1-2H3,(H,19,20,22). The van der Waals surface area contributed by atoms with Gasteiger partial charge in [0.15, 0.2) is 17.2 Å². The number of rotatable bonds is 3. The first-order chi connectivity index (χ1) is 11.1. The second-order valence-corrected chi connectivity index (χ2v) is 5.06. The smallest absolute Gasteiger partial charge is 0.279 e. The molecule has 0 saturated heterocycles. The number of aromatic nitrogens is 2. The number of nitrogens with zero attached hydrogens (tertiary/aromatic N) is 2. The maximum Gasteiger partial charge on any atom is 0.279 e. The van der Waals surface area contributed by atoms with Crippen molar-refractivity contribution >= 4 is 22.6 Å². The van der Waals surface area contributed by atoms with Crippen molar-refractivity contribution in [1.82, 2.24) is 9.97 Å². The Kier molecular flexibility index (Phi) is 3.80. The number of nitrogens with one attached hydrogen (secondary N) is 1. The molecule has 2 N–H and O–H groups in total. The monoisotopic (exact) mass is 309 g/mol. The molecule has 2 aromatic heterocycles. The number of hydrogen-bond acceptors (Lipinski definition) is 5. The van der Waals surface area contributed by atoms with Crippen LogP contribution in [0.4, 0.5) is 5.82 Å². The van der Waals surface area contributed by atoms with Gasteiger partial charge in [0.2, 0.25) is 0 Å². The molecule has 1 amide bonds. The molecule has 0 atom stereocenters. The van der Waals surface area contributed by atoms with Gasteiger partial charge in [-0.25, -0.2) is 9.97 Å². The Morgan fingerprint density at radius 1 is 1.22 bits per heavy atom. The maximum absolute atomic E-state index is 12.3. The molecule has 0 radical (unpaired) electrons. The highest BCUT2D eigenvalue weighted by molar-refractivity contribution is 6.05. The Labute approximate surface area is 132 Å². The second kappa shape index (κ2) is 5.92. The fraction of sp³-hybridized carbons (Fsp3) is 0.118. The zero-order chi connectivity index (χ0) is 16.4. The number of aromatic hydroxyl groups is 1. The van der Waals surface area contributed by atoms with Crippen LogP contribution in [-0.4, -0.2) is 28.1 Å².